The molecule has 2 amide bonds. The number of hydrazine groups is 1. The molecule has 6 nitrogen and oxygen atoms in total. The van der Waals surface area contributed by atoms with Gasteiger partial charge >= 0.3 is 0 Å². The molecule has 7 heteroatoms. The predicted molar refractivity (Wildman–Crippen MR) is 110 cm³/mol. The van der Waals surface area contributed by atoms with E-state index in [1.54, 1.807) is 12.1 Å². The largest absolute Gasteiger partial charge is 0.318 e. The van der Waals surface area contributed by atoms with E-state index in [1.807, 2.05) is 28.8 Å². The average Bonchev–Trinajstić information content (AvgIpc) is 3.07. The first-order valence-electron chi connectivity index (χ1n) is 9.53. The summed E-state index contributed by atoms with van der Waals surface area (Å²) in [5.74, 6) is -0.325. The molecule has 0 saturated carbocycles. The number of benzene rings is 2. The van der Waals surface area contributed by atoms with E-state index in [1.165, 1.54) is 24.3 Å². The van der Waals surface area contributed by atoms with Gasteiger partial charge in [0.2, 0.25) is 0 Å². The molecule has 0 saturated heterocycles. The van der Waals surface area contributed by atoms with Gasteiger partial charge in [0.25, 0.3) is 11.8 Å². The second-order valence-electron chi connectivity index (χ2n) is 6.63. The fourth-order valence-corrected chi connectivity index (χ4v) is 2.93. The number of nitrogens with zero attached hydrogens (tertiary/aromatic N) is 2. The van der Waals surface area contributed by atoms with Crippen LogP contribution < -0.4 is 10.9 Å². The minimum atomic E-state index is -0.482. The molecule has 2 aromatic carbocycles. The van der Waals surface area contributed by atoms with Gasteiger partial charge in [-0.05, 0) is 42.3 Å². The molecule has 0 atom stereocenters. The first kappa shape index (κ1) is 20.3. The number of imidazole rings is 1. The molecule has 3 rings (SSSR count). The number of rotatable bonds is 7. The van der Waals surface area contributed by atoms with Crippen molar-refractivity contribution in [1.82, 2.24) is 20.4 Å². The van der Waals surface area contributed by atoms with E-state index in [9.17, 15) is 14.0 Å². The molecular weight excluding hydrogens is 371 g/mol. The standard InChI is InChI=1S/C22H23FN4O2/c1-2-3-8-20-24-18-6-4-5-7-19(18)27(20)15-22(29)26-25-21(28)14-11-16-9-12-17(23)13-10-16/h4-7,9-14H,2-3,8,15H2,1H3,(H,25,28)(H,26,29)/b14-11+. The summed E-state index contributed by atoms with van der Waals surface area (Å²) >= 11 is 0. The molecule has 0 radical (unpaired) electrons. The number of hydrogen-bond donors (Lipinski definition) is 2. The van der Waals surface area contributed by atoms with Gasteiger partial charge in [0.1, 0.15) is 18.2 Å². The highest BCUT2D eigenvalue weighted by Crippen LogP contribution is 2.17. The molecule has 3 aromatic rings. The van der Waals surface area contributed by atoms with Crippen LogP contribution in [-0.2, 0) is 22.6 Å². The average molecular weight is 394 g/mol. The zero-order chi connectivity index (χ0) is 20.6. The third-order valence-corrected chi connectivity index (χ3v) is 4.41. The second-order valence-corrected chi connectivity index (χ2v) is 6.63. The number of para-hydroxylation sites is 2. The number of unbranched alkanes of at least 4 members (excludes halogenated alkanes) is 1. The molecule has 0 spiro atoms. The maximum Gasteiger partial charge on any atom is 0.262 e. The predicted octanol–water partition coefficient (Wildman–Crippen LogP) is 3.38. The van der Waals surface area contributed by atoms with Crippen LogP contribution in [0.4, 0.5) is 4.39 Å². The number of aromatic nitrogens is 2. The van der Waals surface area contributed by atoms with E-state index in [4.69, 9.17) is 0 Å². The van der Waals surface area contributed by atoms with Crippen LogP contribution >= 0.6 is 0 Å². The van der Waals surface area contributed by atoms with Crippen molar-refractivity contribution < 1.29 is 14.0 Å². The Bertz CT molecular complexity index is 1020. The Morgan fingerprint density at radius 2 is 1.86 bits per heavy atom. The van der Waals surface area contributed by atoms with Crippen LogP contribution in [0, 0.1) is 5.82 Å². The van der Waals surface area contributed by atoms with Crippen molar-refractivity contribution in [2.24, 2.45) is 0 Å². The molecule has 0 fully saturated rings. The van der Waals surface area contributed by atoms with E-state index < -0.39 is 5.91 Å². The summed E-state index contributed by atoms with van der Waals surface area (Å²) in [6.45, 7) is 2.16. The van der Waals surface area contributed by atoms with Crippen molar-refractivity contribution in [3.63, 3.8) is 0 Å². The summed E-state index contributed by atoms with van der Waals surface area (Å²) in [5, 5.41) is 0. The van der Waals surface area contributed by atoms with E-state index in [0.29, 0.717) is 5.56 Å². The van der Waals surface area contributed by atoms with Gasteiger partial charge in [0.15, 0.2) is 0 Å². The Balaban J connectivity index is 1.60. The van der Waals surface area contributed by atoms with Gasteiger partial charge in [0, 0.05) is 12.5 Å². The number of carbonyl (C=O) groups is 2. The van der Waals surface area contributed by atoms with Crippen molar-refractivity contribution in [2.45, 2.75) is 32.7 Å². The van der Waals surface area contributed by atoms with Gasteiger partial charge in [-0.15, -0.1) is 0 Å². The maximum absolute atomic E-state index is 12.9. The number of carbonyl (C=O) groups excluding carboxylic acids is 2. The first-order valence-corrected chi connectivity index (χ1v) is 9.53. The van der Waals surface area contributed by atoms with Crippen molar-refractivity contribution >= 4 is 28.9 Å². The van der Waals surface area contributed by atoms with Crippen LogP contribution in [0.1, 0.15) is 31.2 Å². The highest BCUT2D eigenvalue weighted by Gasteiger charge is 2.13. The molecule has 0 unspecified atom stereocenters. The molecule has 1 aromatic heterocycles. The molecule has 150 valence electrons. The lowest BCUT2D eigenvalue weighted by molar-refractivity contribution is -0.127. The fraction of sp³-hybridized carbons (Fsp3) is 0.227. The van der Waals surface area contributed by atoms with Gasteiger partial charge in [-0.25, -0.2) is 9.37 Å². The normalized spacial score (nSPS) is 11.1. The lowest BCUT2D eigenvalue weighted by Gasteiger charge is -2.10. The summed E-state index contributed by atoms with van der Waals surface area (Å²) in [7, 11) is 0. The van der Waals surface area contributed by atoms with Gasteiger partial charge in [-0.2, -0.15) is 0 Å². The Hall–Kier alpha value is -3.48. The summed E-state index contributed by atoms with van der Waals surface area (Å²) in [6, 6.07) is 13.4. The number of nitrogens with one attached hydrogen (secondary N) is 2. The van der Waals surface area contributed by atoms with Crippen LogP contribution in [0.15, 0.2) is 54.6 Å². The minimum Gasteiger partial charge on any atom is -0.318 e. The molecule has 0 aliphatic rings. The van der Waals surface area contributed by atoms with E-state index >= 15 is 0 Å². The highest BCUT2D eigenvalue weighted by molar-refractivity contribution is 5.93. The number of aryl methyl sites for hydroxylation is 1. The smallest absolute Gasteiger partial charge is 0.262 e. The van der Waals surface area contributed by atoms with Crippen LogP contribution in [0.2, 0.25) is 0 Å². The molecule has 1 heterocycles. The summed E-state index contributed by atoms with van der Waals surface area (Å²) in [4.78, 5) is 28.9. The number of amides is 2. The molecule has 2 N–H and O–H groups in total. The van der Waals surface area contributed by atoms with Crippen molar-refractivity contribution in [3.8, 4) is 0 Å². The van der Waals surface area contributed by atoms with E-state index in [0.717, 1.165) is 36.1 Å². The topological polar surface area (TPSA) is 76.0 Å². The summed E-state index contributed by atoms with van der Waals surface area (Å²) in [6.07, 6.45) is 5.60. The van der Waals surface area contributed by atoms with Crippen molar-refractivity contribution in [1.29, 1.82) is 0 Å². The van der Waals surface area contributed by atoms with Gasteiger partial charge < -0.3 is 4.57 Å². The zero-order valence-corrected chi connectivity index (χ0v) is 16.2. The Morgan fingerprint density at radius 3 is 2.62 bits per heavy atom. The van der Waals surface area contributed by atoms with Gasteiger partial charge in [-0.1, -0.05) is 37.6 Å². The zero-order valence-electron chi connectivity index (χ0n) is 16.2. The van der Waals surface area contributed by atoms with Crippen LogP contribution in [0.5, 0.6) is 0 Å². The first-order chi connectivity index (χ1) is 14.1. The minimum absolute atomic E-state index is 0.0571. The van der Waals surface area contributed by atoms with E-state index in [-0.39, 0.29) is 18.3 Å². The highest BCUT2D eigenvalue weighted by atomic mass is 19.1. The SMILES string of the molecule is CCCCc1nc2ccccc2n1CC(=O)NNC(=O)/C=C/c1ccc(F)cc1. The second kappa shape index (κ2) is 9.64. The summed E-state index contributed by atoms with van der Waals surface area (Å²) in [5.41, 5.74) is 7.18. The van der Waals surface area contributed by atoms with Crippen LogP contribution in [0.25, 0.3) is 17.1 Å². The monoisotopic (exact) mass is 394 g/mol. The molecule has 0 bridgehead atoms. The third-order valence-electron chi connectivity index (χ3n) is 4.41. The Labute approximate surface area is 168 Å². The van der Waals surface area contributed by atoms with Crippen LogP contribution in [-0.4, -0.2) is 21.4 Å². The molecule has 29 heavy (non-hydrogen) atoms. The lowest BCUT2D eigenvalue weighted by Crippen LogP contribution is -2.42. The number of hydrogen-bond acceptors (Lipinski definition) is 3. The lowest BCUT2D eigenvalue weighted by atomic mass is 10.2. The Kier molecular flexibility index (Phi) is 6.73. The Morgan fingerprint density at radius 1 is 1.10 bits per heavy atom. The van der Waals surface area contributed by atoms with Crippen LogP contribution in [0.3, 0.4) is 0 Å². The van der Waals surface area contributed by atoms with Crippen molar-refractivity contribution in [3.05, 3.63) is 71.8 Å². The fourth-order valence-electron chi connectivity index (χ4n) is 2.93. The number of halogens is 1. The quantitative estimate of drug-likeness (QED) is 0.476. The molecule has 0 aliphatic carbocycles. The van der Waals surface area contributed by atoms with Crippen molar-refractivity contribution in [2.75, 3.05) is 0 Å². The van der Waals surface area contributed by atoms with Gasteiger partial charge in [-0.3, -0.25) is 20.4 Å². The maximum atomic E-state index is 12.9. The van der Waals surface area contributed by atoms with Gasteiger partial charge in [0.05, 0.1) is 11.0 Å². The molecule has 0 aliphatic heterocycles. The summed E-state index contributed by atoms with van der Waals surface area (Å²) < 4.78 is 14.8. The molecular formula is C22H23FN4O2. The third kappa shape index (κ3) is 5.51. The number of fused-ring (bicyclic) bond motifs is 1. The van der Waals surface area contributed by atoms with E-state index in [2.05, 4.69) is 22.8 Å².